The average molecular weight is 520 g/mol. The van der Waals surface area contributed by atoms with Gasteiger partial charge < -0.3 is 29.3 Å². The Morgan fingerprint density at radius 3 is 2.82 bits per heavy atom. The zero-order valence-electron chi connectivity index (χ0n) is 20.2. The molecule has 5 heterocycles. The van der Waals surface area contributed by atoms with Gasteiger partial charge in [-0.2, -0.15) is 0 Å². The molecule has 38 heavy (non-hydrogen) atoms. The van der Waals surface area contributed by atoms with E-state index in [-0.39, 0.29) is 54.3 Å². The van der Waals surface area contributed by atoms with Gasteiger partial charge >= 0.3 is 0 Å². The summed E-state index contributed by atoms with van der Waals surface area (Å²) in [5, 5.41) is 19.2. The van der Waals surface area contributed by atoms with Crippen molar-refractivity contribution in [1.29, 1.82) is 5.41 Å². The Bertz CT molecular complexity index is 1840. The molecule has 3 aliphatic rings. The number of aromatic nitrogens is 3. The molecule has 1 atom stereocenters. The Hall–Kier alpha value is -4.45. The van der Waals surface area contributed by atoms with Crippen LogP contribution in [-0.4, -0.2) is 55.6 Å². The molecule has 194 valence electrons. The molecule has 0 spiro atoms. The van der Waals surface area contributed by atoms with Crippen LogP contribution in [0.1, 0.15) is 27.2 Å². The molecule has 1 fully saturated rings. The number of imidazole rings is 1. The third-order valence-corrected chi connectivity index (χ3v) is 7.76. The number of ether oxygens (including phenoxy) is 1. The summed E-state index contributed by atoms with van der Waals surface area (Å²) in [7, 11) is 1.75. The van der Waals surface area contributed by atoms with Crippen molar-refractivity contribution in [3.8, 4) is 17.0 Å². The molecule has 0 radical (unpaired) electrons. The molecule has 0 saturated carbocycles. The third-order valence-electron chi connectivity index (χ3n) is 7.76. The van der Waals surface area contributed by atoms with Crippen LogP contribution in [0.3, 0.4) is 0 Å². The molecular formula is C26H22F2N6O4. The molecule has 0 bridgehead atoms. The topological polar surface area (TPSA) is 118 Å². The molecule has 1 saturated heterocycles. The first-order chi connectivity index (χ1) is 18.3. The number of benzene rings is 2. The first-order valence-corrected chi connectivity index (χ1v) is 12.1. The van der Waals surface area contributed by atoms with Crippen LogP contribution in [0.15, 0.2) is 35.1 Å². The van der Waals surface area contributed by atoms with Gasteiger partial charge in [-0.25, -0.2) is 13.5 Å². The number of hydrogen-bond acceptors (Lipinski definition) is 6. The quantitative estimate of drug-likeness (QED) is 0.310. The zero-order valence-corrected chi connectivity index (χ0v) is 20.2. The van der Waals surface area contributed by atoms with Gasteiger partial charge in [0.15, 0.2) is 23.1 Å². The maximum absolute atomic E-state index is 15.4. The van der Waals surface area contributed by atoms with Gasteiger partial charge in [-0.1, -0.05) is 12.1 Å². The zero-order chi connectivity index (χ0) is 26.5. The van der Waals surface area contributed by atoms with Crippen molar-refractivity contribution in [1.82, 2.24) is 18.7 Å². The first-order valence-electron chi connectivity index (χ1n) is 12.1. The largest absolute Gasteiger partial charge is 0.502 e. The molecule has 3 aliphatic heterocycles. The second kappa shape index (κ2) is 7.78. The van der Waals surface area contributed by atoms with Gasteiger partial charge in [-0.15, -0.1) is 0 Å². The summed E-state index contributed by atoms with van der Waals surface area (Å²) in [6.45, 7) is 0.663. The van der Waals surface area contributed by atoms with E-state index in [4.69, 9.17) is 10.1 Å². The van der Waals surface area contributed by atoms with Crippen LogP contribution < -0.4 is 16.5 Å². The van der Waals surface area contributed by atoms with Crippen molar-refractivity contribution < 1.29 is 23.4 Å². The summed E-state index contributed by atoms with van der Waals surface area (Å²) in [6, 6.07) is 7.72. The summed E-state index contributed by atoms with van der Waals surface area (Å²) in [5.74, 6) is -3.44. The number of nitrogens with one attached hydrogen (secondary N) is 2. The highest BCUT2D eigenvalue weighted by atomic mass is 19.2. The number of aromatic hydroxyl groups is 1. The smallest absolute Gasteiger partial charge is 0.278 e. The Morgan fingerprint density at radius 1 is 1.18 bits per heavy atom. The lowest BCUT2D eigenvalue weighted by molar-refractivity contribution is -0.00300. The highest BCUT2D eigenvalue weighted by Crippen LogP contribution is 2.37. The molecule has 1 amide bonds. The summed E-state index contributed by atoms with van der Waals surface area (Å²) >= 11 is 0. The van der Waals surface area contributed by atoms with Crippen molar-refractivity contribution in [3.63, 3.8) is 0 Å². The van der Waals surface area contributed by atoms with Crippen LogP contribution >= 0.6 is 0 Å². The maximum atomic E-state index is 15.4. The van der Waals surface area contributed by atoms with E-state index in [0.717, 1.165) is 28.7 Å². The summed E-state index contributed by atoms with van der Waals surface area (Å²) in [4.78, 5) is 27.7. The predicted molar refractivity (Wildman–Crippen MR) is 131 cm³/mol. The number of rotatable bonds is 1. The first kappa shape index (κ1) is 22.7. The number of carbonyl (C=O) groups is 1. The second-order valence-corrected chi connectivity index (χ2v) is 9.75. The number of nitrogens with zero attached hydrogens (tertiary/aromatic N) is 4. The number of para-hydroxylation sites is 1. The van der Waals surface area contributed by atoms with Gasteiger partial charge in [-0.05, 0) is 23.3 Å². The SMILES string of the molecule is Cn1c(=N)n2c3c(cccc31)Cc1c(-c3cc(=O)c(O)c4n3N[C@@H]3COCCN3C4=O)cc(F)c(F)c1C2. The van der Waals surface area contributed by atoms with Crippen LogP contribution in [0.25, 0.3) is 22.3 Å². The number of morpholine rings is 1. The fourth-order valence-corrected chi connectivity index (χ4v) is 5.89. The molecule has 0 aliphatic carbocycles. The minimum Gasteiger partial charge on any atom is -0.502 e. The minimum absolute atomic E-state index is 0.0573. The van der Waals surface area contributed by atoms with Crippen LogP contribution in [0.4, 0.5) is 8.78 Å². The van der Waals surface area contributed by atoms with Gasteiger partial charge in [0.25, 0.3) is 5.91 Å². The van der Waals surface area contributed by atoms with Crippen LogP contribution in [-0.2, 0) is 24.8 Å². The predicted octanol–water partition coefficient (Wildman–Crippen LogP) is 1.58. The van der Waals surface area contributed by atoms with Crippen molar-refractivity contribution in [2.45, 2.75) is 19.1 Å². The van der Waals surface area contributed by atoms with Crippen LogP contribution in [0.5, 0.6) is 5.75 Å². The molecule has 2 aromatic carbocycles. The van der Waals surface area contributed by atoms with Crippen LogP contribution in [0.2, 0.25) is 0 Å². The number of pyridine rings is 1. The second-order valence-electron chi connectivity index (χ2n) is 9.75. The number of hydrogen-bond donors (Lipinski definition) is 3. The number of amides is 1. The lowest BCUT2D eigenvalue weighted by atomic mass is 9.92. The number of fused-ring (bicyclic) bond motifs is 3. The normalized spacial score (nSPS) is 18.0. The highest BCUT2D eigenvalue weighted by Gasteiger charge is 2.38. The number of aryl methyl sites for hydroxylation is 1. The molecule has 3 N–H and O–H groups in total. The van der Waals surface area contributed by atoms with Gasteiger partial charge in [0.2, 0.25) is 11.0 Å². The molecule has 7 rings (SSSR count). The summed E-state index contributed by atoms with van der Waals surface area (Å²) in [5.41, 5.74) is 5.31. The fraction of sp³-hybridized carbons (Fsp3) is 0.269. The van der Waals surface area contributed by atoms with Gasteiger partial charge in [0.05, 0.1) is 36.5 Å². The Balaban J connectivity index is 1.52. The Kier molecular flexibility index (Phi) is 4.65. The van der Waals surface area contributed by atoms with E-state index in [1.165, 1.54) is 9.58 Å². The molecule has 12 heteroatoms. The monoisotopic (exact) mass is 520 g/mol. The number of carbonyl (C=O) groups excluding carboxylic acids is 1. The number of halogens is 2. The fourth-order valence-electron chi connectivity index (χ4n) is 5.89. The van der Waals surface area contributed by atoms with Gasteiger partial charge in [0, 0.05) is 37.2 Å². The molecule has 4 aromatic rings. The van der Waals surface area contributed by atoms with Crippen molar-refractivity contribution in [2.75, 3.05) is 25.2 Å². The van der Waals surface area contributed by atoms with E-state index in [1.807, 2.05) is 18.2 Å². The van der Waals surface area contributed by atoms with E-state index in [1.54, 1.807) is 16.2 Å². The Labute approximate surface area is 213 Å². The standard InChI is InChI=1S/C26H22F2N6O4/c1-31-17-4-2-3-12-7-13-14(8-16(27)21(28)15(13)10-33(22(12)17)26(31)29)18-9-19(35)24(36)23-25(37)32-5-6-38-11-20(32)30-34(18)23/h2-4,8-9,20,29-30,36H,5-7,10-11H2,1H3/t20-/m0/s1. The van der Waals surface area contributed by atoms with Gasteiger partial charge in [-0.3, -0.25) is 15.0 Å². The molecule has 2 aromatic heterocycles. The van der Waals surface area contributed by atoms with E-state index in [2.05, 4.69) is 5.43 Å². The van der Waals surface area contributed by atoms with Gasteiger partial charge in [0.1, 0.15) is 6.17 Å². The van der Waals surface area contributed by atoms with E-state index in [0.29, 0.717) is 12.2 Å². The van der Waals surface area contributed by atoms with Crippen molar-refractivity contribution >= 4 is 16.9 Å². The lowest BCUT2D eigenvalue weighted by Crippen LogP contribution is -2.59. The summed E-state index contributed by atoms with van der Waals surface area (Å²) in [6.07, 6.45) is -0.381. The molecule has 0 unspecified atom stereocenters. The van der Waals surface area contributed by atoms with Crippen molar-refractivity contribution in [3.05, 3.63) is 80.2 Å². The van der Waals surface area contributed by atoms with Crippen molar-refractivity contribution in [2.24, 2.45) is 7.05 Å². The highest BCUT2D eigenvalue weighted by molar-refractivity contribution is 5.97. The summed E-state index contributed by atoms with van der Waals surface area (Å²) < 4.78 is 40.7. The van der Waals surface area contributed by atoms with E-state index >= 15 is 8.78 Å². The average Bonchev–Trinajstić information content (AvgIpc) is 3.05. The molecule has 10 nitrogen and oxygen atoms in total. The maximum Gasteiger partial charge on any atom is 0.278 e. The third kappa shape index (κ3) is 2.91. The Morgan fingerprint density at radius 2 is 2.00 bits per heavy atom. The van der Waals surface area contributed by atoms with E-state index < -0.39 is 34.9 Å². The van der Waals surface area contributed by atoms with Crippen LogP contribution in [0, 0.1) is 17.0 Å². The lowest BCUT2D eigenvalue weighted by Gasteiger charge is -2.42. The van der Waals surface area contributed by atoms with E-state index in [9.17, 15) is 14.7 Å². The minimum atomic E-state index is -1.12. The molecular weight excluding hydrogens is 498 g/mol.